The molecule has 0 bridgehead atoms. The number of hydrogen-bond donors (Lipinski definition) is 1. The number of aliphatic carboxylic acids is 1. The van der Waals surface area contributed by atoms with Gasteiger partial charge in [0.05, 0.1) is 16.8 Å². The Kier molecular flexibility index (Phi) is 4.69. The zero-order valence-electron chi connectivity index (χ0n) is 11.9. The quantitative estimate of drug-likeness (QED) is 0.693. The number of anilines is 1. The summed E-state index contributed by atoms with van der Waals surface area (Å²) in [5.41, 5.74) is 0.745. The van der Waals surface area contributed by atoms with E-state index in [1.807, 2.05) is 13.0 Å². The lowest BCUT2D eigenvalue weighted by Gasteiger charge is -2.24. The highest BCUT2D eigenvalue weighted by molar-refractivity contribution is 9.10. The Bertz CT molecular complexity index is 822. The molecule has 23 heavy (non-hydrogen) atoms. The molecule has 1 aliphatic rings. The second-order valence-corrected chi connectivity index (χ2v) is 8.07. The van der Waals surface area contributed by atoms with Gasteiger partial charge in [-0.3, -0.25) is 5.01 Å². The molecule has 2 heterocycles. The minimum absolute atomic E-state index is 0.110. The molecule has 1 aliphatic heterocycles. The van der Waals surface area contributed by atoms with E-state index in [2.05, 4.69) is 21.0 Å². The van der Waals surface area contributed by atoms with Crippen LogP contribution < -0.4 is 5.01 Å². The van der Waals surface area contributed by atoms with Gasteiger partial charge in [-0.15, -0.1) is 11.3 Å². The van der Waals surface area contributed by atoms with Gasteiger partial charge in [0, 0.05) is 25.7 Å². The van der Waals surface area contributed by atoms with Gasteiger partial charge in [0.1, 0.15) is 5.71 Å². The Balaban J connectivity index is 2.08. The number of nitrogens with zero attached hydrogens (tertiary/aromatic N) is 2. The van der Waals surface area contributed by atoms with Crippen LogP contribution in [0.25, 0.3) is 0 Å². The second kappa shape index (κ2) is 6.43. The summed E-state index contributed by atoms with van der Waals surface area (Å²) in [6, 6.07) is 6.88. The summed E-state index contributed by atoms with van der Waals surface area (Å²) in [5.74, 6) is -1.02. The molecule has 2 aromatic rings. The largest absolute Gasteiger partial charge is 0.477 e. The molecule has 1 atom stereocenters. The molecule has 3 rings (SSSR count). The summed E-state index contributed by atoms with van der Waals surface area (Å²) in [6.07, 6.45) is 0.312. The number of hydrogen-bond acceptors (Lipinski definition) is 4. The molecular weight excluding hydrogens is 423 g/mol. The van der Waals surface area contributed by atoms with E-state index in [1.54, 1.807) is 34.5 Å². The molecule has 0 amide bonds. The van der Waals surface area contributed by atoms with E-state index < -0.39 is 5.97 Å². The highest BCUT2D eigenvalue weighted by Gasteiger charge is 2.35. The van der Waals surface area contributed by atoms with Crippen molar-refractivity contribution in [2.45, 2.75) is 19.4 Å². The van der Waals surface area contributed by atoms with Crippen LogP contribution in [0.15, 0.2) is 33.8 Å². The van der Waals surface area contributed by atoms with E-state index in [0.717, 1.165) is 14.2 Å². The van der Waals surface area contributed by atoms with E-state index in [4.69, 9.17) is 23.2 Å². The van der Waals surface area contributed by atoms with Gasteiger partial charge in [0.2, 0.25) is 0 Å². The molecule has 0 saturated carbocycles. The van der Waals surface area contributed by atoms with Crippen LogP contribution >= 0.6 is 50.5 Å². The average Bonchev–Trinajstić information content (AvgIpc) is 3.02. The third-order valence-corrected chi connectivity index (χ3v) is 6.06. The van der Waals surface area contributed by atoms with Gasteiger partial charge >= 0.3 is 5.97 Å². The first-order valence-electron chi connectivity index (χ1n) is 6.67. The van der Waals surface area contributed by atoms with Crippen molar-refractivity contribution in [2.24, 2.45) is 5.10 Å². The smallest absolute Gasteiger partial charge is 0.352 e. The van der Waals surface area contributed by atoms with Gasteiger partial charge in [0.25, 0.3) is 0 Å². The third kappa shape index (κ3) is 3.26. The van der Waals surface area contributed by atoms with Crippen LogP contribution in [0.4, 0.5) is 5.69 Å². The van der Waals surface area contributed by atoms with Crippen LogP contribution in [0.2, 0.25) is 10.0 Å². The topological polar surface area (TPSA) is 52.9 Å². The monoisotopic (exact) mass is 432 g/mol. The number of carbonyl (C=O) groups is 1. The maximum Gasteiger partial charge on any atom is 0.352 e. The lowest BCUT2D eigenvalue weighted by molar-refractivity contribution is -0.129. The van der Waals surface area contributed by atoms with Crippen LogP contribution in [-0.2, 0) is 4.79 Å². The van der Waals surface area contributed by atoms with E-state index in [-0.39, 0.29) is 11.8 Å². The zero-order chi connectivity index (χ0) is 16.7. The molecule has 1 aromatic heterocycles. The first-order valence-corrected chi connectivity index (χ1v) is 9.04. The number of carboxylic acids is 1. The molecule has 0 spiro atoms. The van der Waals surface area contributed by atoms with Crippen molar-refractivity contribution in [1.29, 1.82) is 0 Å². The van der Waals surface area contributed by atoms with Gasteiger partial charge < -0.3 is 5.11 Å². The maximum absolute atomic E-state index is 11.4. The van der Waals surface area contributed by atoms with E-state index in [0.29, 0.717) is 22.2 Å². The standard InChI is InChI=1S/C15H11BrCl2N2O2S/c1-7-4-9(16)14(23-7)13-6-11(15(21)22)19-20(13)12-3-2-8(17)5-10(12)18/h2-5,13H,6H2,1H3,(H,21,22). The Morgan fingerprint density at radius 1 is 1.43 bits per heavy atom. The zero-order valence-corrected chi connectivity index (χ0v) is 15.8. The van der Waals surface area contributed by atoms with E-state index in [1.165, 1.54) is 0 Å². The van der Waals surface area contributed by atoms with Crippen molar-refractivity contribution < 1.29 is 9.90 Å². The van der Waals surface area contributed by atoms with Gasteiger partial charge in [-0.25, -0.2) is 4.79 Å². The van der Waals surface area contributed by atoms with Crippen molar-refractivity contribution in [3.63, 3.8) is 0 Å². The summed E-state index contributed by atoms with van der Waals surface area (Å²) in [5, 5.41) is 16.2. The first kappa shape index (κ1) is 16.8. The fourth-order valence-electron chi connectivity index (χ4n) is 2.46. The van der Waals surface area contributed by atoms with Crippen LogP contribution in [0.1, 0.15) is 22.2 Å². The predicted molar refractivity (Wildman–Crippen MR) is 98.1 cm³/mol. The predicted octanol–water partition coefficient (Wildman–Crippen LogP) is 5.52. The Labute approximate surface area is 155 Å². The van der Waals surface area contributed by atoms with Gasteiger partial charge in [-0.1, -0.05) is 23.2 Å². The third-order valence-electron chi connectivity index (χ3n) is 3.45. The lowest BCUT2D eigenvalue weighted by atomic mass is 10.1. The van der Waals surface area contributed by atoms with Crippen molar-refractivity contribution in [3.8, 4) is 0 Å². The first-order chi connectivity index (χ1) is 10.9. The van der Waals surface area contributed by atoms with Crippen molar-refractivity contribution in [2.75, 3.05) is 5.01 Å². The van der Waals surface area contributed by atoms with Crippen LogP contribution in [0, 0.1) is 6.92 Å². The van der Waals surface area contributed by atoms with Gasteiger partial charge in [0.15, 0.2) is 0 Å². The number of thiophene rings is 1. The van der Waals surface area contributed by atoms with E-state index >= 15 is 0 Å². The molecule has 1 unspecified atom stereocenters. The highest BCUT2D eigenvalue weighted by atomic mass is 79.9. The summed E-state index contributed by atoms with van der Waals surface area (Å²) >= 11 is 17.4. The summed E-state index contributed by atoms with van der Waals surface area (Å²) < 4.78 is 0.946. The van der Waals surface area contributed by atoms with Gasteiger partial charge in [-0.2, -0.15) is 5.10 Å². The number of carboxylic acid groups (broad SMARTS) is 1. The Morgan fingerprint density at radius 2 is 2.17 bits per heavy atom. The second-order valence-electron chi connectivity index (χ2n) is 5.08. The molecule has 4 nitrogen and oxygen atoms in total. The number of halogens is 3. The molecule has 120 valence electrons. The molecule has 0 radical (unpaired) electrons. The summed E-state index contributed by atoms with van der Waals surface area (Å²) in [7, 11) is 0. The summed E-state index contributed by atoms with van der Waals surface area (Å²) in [4.78, 5) is 13.5. The molecule has 0 aliphatic carbocycles. The van der Waals surface area contributed by atoms with Crippen LogP contribution in [0.5, 0.6) is 0 Å². The normalized spacial score (nSPS) is 17.5. The molecule has 0 fully saturated rings. The number of rotatable bonds is 3. The Hall–Kier alpha value is -1.08. The molecule has 8 heteroatoms. The molecule has 1 aromatic carbocycles. The molecule has 1 N–H and O–H groups in total. The number of aryl methyl sites for hydroxylation is 1. The van der Waals surface area contributed by atoms with Crippen molar-refractivity contribution in [1.82, 2.24) is 0 Å². The Morgan fingerprint density at radius 3 is 2.74 bits per heavy atom. The molecular formula is C15H11BrCl2N2O2S. The SMILES string of the molecule is Cc1cc(Br)c(C2CC(C(=O)O)=NN2c2ccc(Cl)cc2Cl)s1. The highest BCUT2D eigenvalue weighted by Crippen LogP contribution is 2.44. The minimum Gasteiger partial charge on any atom is -0.477 e. The summed E-state index contributed by atoms with van der Waals surface area (Å²) in [6.45, 7) is 2.01. The number of benzene rings is 1. The number of hydrazone groups is 1. The van der Waals surface area contributed by atoms with Gasteiger partial charge in [-0.05, 0) is 47.1 Å². The average molecular weight is 434 g/mol. The fraction of sp³-hybridized carbons (Fsp3) is 0.200. The van der Waals surface area contributed by atoms with Crippen LogP contribution in [-0.4, -0.2) is 16.8 Å². The lowest BCUT2D eigenvalue weighted by Crippen LogP contribution is -2.18. The fourth-order valence-corrected chi connectivity index (χ4v) is 4.96. The van der Waals surface area contributed by atoms with E-state index in [9.17, 15) is 9.90 Å². The maximum atomic E-state index is 11.4. The van der Waals surface area contributed by atoms with Crippen molar-refractivity contribution >= 4 is 67.8 Å². The molecule has 0 saturated heterocycles. The van der Waals surface area contributed by atoms with Crippen molar-refractivity contribution in [3.05, 3.63) is 48.5 Å². The minimum atomic E-state index is -1.02. The van der Waals surface area contributed by atoms with Crippen LogP contribution in [0.3, 0.4) is 0 Å².